The molecule has 0 aromatic carbocycles. The Morgan fingerprint density at radius 1 is 1.50 bits per heavy atom. The SMILES string of the molecule is Clc1cnc(OCC2CC2)c(Cl)c1I. The highest BCUT2D eigenvalue weighted by molar-refractivity contribution is 14.1. The van der Waals surface area contributed by atoms with Gasteiger partial charge in [-0.2, -0.15) is 0 Å². The lowest BCUT2D eigenvalue weighted by Gasteiger charge is -2.07. The topological polar surface area (TPSA) is 22.1 Å². The predicted molar refractivity (Wildman–Crippen MR) is 65.2 cm³/mol. The second-order valence-corrected chi connectivity index (χ2v) is 5.16. The highest BCUT2D eigenvalue weighted by atomic mass is 127. The van der Waals surface area contributed by atoms with Crippen LogP contribution in [0.25, 0.3) is 0 Å². The van der Waals surface area contributed by atoms with Crippen molar-refractivity contribution in [2.24, 2.45) is 5.92 Å². The van der Waals surface area contributed by atoms with Crippen LogP contribution < -0.4 is 4.74 Å². The molecule has 0 radical (unpaired) electrons. The van der Waals surface area contributed by atoms with Gasteiger partial charge in [-0.05, 0) is 41.4 Å². The first-order valence-electron chi connectivity index (χ1n) is 4.30. The van der Waals surface area contributed by atoms with Crippen molar-refractivity contribution in [3.8, 4) is 5.88 Å². The summed E-state index contributed by atoms with van der Waals surface area (Å²) in [5.41, 5.74) is 0. The van der Waals surface area contributed by atoms with Crippen LogP contribution in [0, 0.1) is 9.49 Å². The van der Waals surface area contributed by atoms with Crippen molar-refractivity contribution < 1.29 is 4.74 Å². The maximum atomic E-state index is 6.02. The lowest BCUT2D eigenvalue weighted by atomic mass is 10.4. The van der Waals surface area contributed by atoms with Crippen LogP contribution in [0.2, 0.25) is 10.0 Å². The molecule has 1 saturated carbocycles. The molecule has 0 bridgehead atoms. The Bertz CT molecular complexity index is 355. The van der Waals surface area contributed by atoms with Crippen molar-refractivity contribution in [1.29, 1.82) is 0 Å². The number of hydrogen-bond acceptors (Lipinski definition) is 2. The van der Waals surface area contributed by atoms with E-state index in [1.165, 1.54) is 12.8 Å². The number of nitrogens with zero attached hydrogens (tertiary/aromatic N) is 1. The largest absolute Gasteiger partial charge is 0.476 e. The average Bonchev–Trinajstić information content (AvgIpc) is 2.97. The first kappa shape index (κ1) is 10.8. The maximum Gasteiger partial charge on any atom is 0.233 e. The fourth-order valence-corrected chi connectivity index (χ4v) is 1.78. The summed E-state index contributed by atoms with van der Waals surface area (Å²) in [6.07, 6.45) is 4.07. The molecule has 1 aromatic rings. The molecule has 1 aromatic heterocycles. The number of ether oxygens (including phenoxy) is 1. The van der Waals surface area contributed by atoms with E-state index in [1.54, 1.807) is 6.20 Å². The zero-order valence-electron chi connectivity index (χ0n) is 7.27. The Morgan fingerprint density at radius 2 is 2.21 bits per heavy atom. The summed E-state index contributed by atoms with van der Waals surface area (Å²) in [6.45, 7) is 0.713. The highest BCUT2D eigenvalue weighted by Crippen LogP contribution is 2.34. The van der Waals surface area contributed by atoms with Gasteiger partial charge in [0.25, 0.3) is 0 Å². The number of aromatic nitrogens is 1. The normalized spacial score (nSPS) is 15.6. The van der Waals surface area contributed by atoms with E-state index in [9.17, 15) is 0 Å². The Balaban J connectivity index is 2.11. The number of rotatable bonds is 3. The highest BCUT2D eigenvalue weighted by Gasteiger charge is 2.23. The zero-order chi connectivity index (χ0) is 10.1. The summed E-state index contributed by atoms with van der Waals surface area (Å²) in [5.74, 6) is 1.19. The van der Waals surface area contributed by atoms with Crippen LogP contribution in [-0.2, 0) is 0 Å². The van der Waals surface area contributed by atoms with E-state index in [-0.39, 0.29) is 0 Å². The van der Waals surface area contributed by atoms with Gasteiger partial charge in [0.05, 0.1) is 21.4 Å². The van der Waals surface area contributed by atoms with E-state index in [2.05, 4.69) is 27.6 Å². The van der Waals surface area contributed by atoms with Gasteiger partial charge in [-0.15, -0.1) is 0 Å². The summed E-state index contributed by atoms with van der Waals surface area (Å²) >= 11 is 14.0. The molecule has 0 aliphatic heterocycles. The van der Waals surface area contributed by atoms with Gasteiger partial charge >= 0.3 is 0 Å². The molecule has 2 rings (SSSR count). The summed E-state index contributed by atoms with van der Waals surface area (Å²) in [4.78, 5) is 4.05. The average molecular weight is 344 g/mol. The van der Waals surface area contributed by atoms with Gasteiger partial charge in [0, 0.05) is 0 Å². The lowest BCUT2D eigenvalue weighted by molar-refractivity contribution is 0.288. The minimum absolute atomic E-state index is 0.493. The first-order valence-corrected chi connectivity index (χ1v) is 6.14. The van der Waals surface area contributed by atoms with Crippen LogP contribution >= 0.6 is 45.8 Å². The van der Waals surface area contributed by atoms with E-state index in [1.807, 2.05) is 0 Å². The zero-order valence-corrected chi connectivity index (χ0v) is 10.9. The maximum absolute atomic E-state index is 6.02. The minimum atomic E-state index is 0.493. The minimum Gasteiger partial charge on any atom is -0.476 e. The molecule has 76 valence electrons. The molecule has 0 amide bonds. The van der Waals surface area contributed by atoms with Crippen LogP contribution in [0.3, 0.4) is 0 Å². The Hall–Kier alpha value is 0.260. The molecule has 2 nitrogen and oxygen atoms in total. The Kier molecular flexibility index (Phi) is 3.39. The second-order valence-electron chi connectivity index (χ2n) is 3.29. The third kappa shape index (κ3) is 2.44. The molecule has 1 fully saturated rings. The number of halogens is 3. The molecule has 1 aliphatic rings. The van der Waals surface area contributed by atoms with Gasteiger partial charge in [0.15, 0.2) is 0 Å². The number of hydrogen-bond donors (Lipinski definition) is 0. The van der Waals surface area contributed by atoms with Gasteiger partial charge in [-0.3, -0.25) is 0 Å². The van der Waals surface area contributed by atoms with E-state index < -0.39 is 0 Å². The van der Waals surface area contributed by atoms with Crippen molar-refractivity contribution >= 4 is 45.8 Å². The summed E-state index contributed by atoms with van der Waals surface area (Å²) in [6, 6.07) is 0. The van der Waals surface area contributed by atoms with Crippen molar-refractivity contribution in [1.82, 2.24) is 4.98 Å². The van der Waals surface area contributed by atoms with Crippen LogP contribution in [0.15, 0.2) is 6.20 Å². The van der Waals surface area contributed by atoms with E-state index in [4.69, 9.17) is 27.9 Å². The molecule has 0 atom stereocenters. The van der Waals surface area contributed by atoms with E-state index in [0.717, 1.165) is 3.57 Å². The quantitative estimate of drug-likeness (QED) is 0.779. The van der Waals surface area contributed by atoms with Crippen LogP contribution in [-0.4, -0.2) is 11.6 Å². The monoisotopic (exact) mass is 343 g/mol. The third-order valence-electron chi connectivity index (χ3n) is 2.04. The molecule has 0 saturated heterocycles. The molecular formula is C9H8Cl2INO. The van der Waals surface area contributed by atoms with E-state index in [0.29, 0.717) is 28.5 Å². The molecular weight excluding hydrogens is 336 g/mol. The summed E-state index contributed by atoms with van der Waals surface area (Å²) in [7, 11) is 0. The second kappa shape index (κ2) is 4.41. The first-order chi connectivity index (χ1) is 6.68. The molecule has 1 heterocycles. The van der Waals surface area contributed by atoms with Crippen molar-refractivity contribution in [3.05, 3.63) is 19.8 Å². The Morgan fingerprint density at radius 3 is 2.86 bits per heavy atom. The summed E-state index contributed by atoms with van der Waals surface area (Å²) < 4.78 is 6.29. The van der Waals surface area contributed by atoms with Crippen LogP contribution in [0.4, 0.5) is 0 Å². The molecule has 0 N–H and O–H groups in total. The van der Waals surface area contributed by atoms with Gasteiger partial charge in [0.2, 0.25) is 5.88 Å². The fourth-order valence-electron chi connectivity index (χ4n) is 1.01. The fraction of sp³-hybridized carbons (Fsp3) is 0.444. The van der Waals surface area contributed by atoms with E-state index >= 15 is 0 Å². The number of pyridine rings is 1. The molecule has 0 unspecified atom stereocenters. The summed E-state index contributed by atoms with van der Waals surface area (Å²) in [5, 5.41) is 1.08. The van der Waals surface area contributed by atoms with Crippen LogP contribution in [0.5, 0.6) is 5.88 Å². The van der Waals surface area contributed by atoms with Crippen molar-refractivity contribution in [3.63, 3.8) is 0 Å². The van der Waals surface area contributed by atoms with Crippen molar-refractivity contribution in [2.45, 2.75) is 12.8 Å². The van der Waals surface area contributed by atoms with Crippen LogP contribution in [0.1, 0.15) is 12.8 Å². The predicted octanol–water partition coefficient (Wildman–Crippen LogP) is 3.78. The standard InChI is InChI=1S/C9H8Cl2INO/c10-6-3-13-9(7(11)8(6)12)14-4-5-1-2-5/h3,5H,1-2,4H2. The van der Waals surface area contributed by atoms with Gasteiger partial charge < -0.3 is 4.74 Å². The lowest BCUT2D eigenvalue weighted by Crippen LogP contribution is -2.01. The van der Waals surface area contributed by atoms with Gasteiger partial charge in [-0.25, -0.2) is 4.98 Å². The molecule has 1 aliphatic carbocycles. The molecule has 0 spiro atoms. The van der Waals surface area contributed by atoms with Gasteiger partial charge in [0.1, 0.15) is 5.02 Å². The van der Waals surface area contributed by atoms with Crippen molar-refractivity contribution in [2.75, 3.05) is 6.61 Å². The Labute approximate surface area is 106 Å². The molecule has 14 heavy (non-hydrogen) atoms. The van der Waals surface area contributed by atoms with Gasteiger partial charge in [-0.1, -0.05) is 23.2 Å². The molecule has 5 heteroatoms. The third-order valence-corrected chi connectivity index (χ3v) is 4.43. The smallest absolute Gasteiger partial charge is 0.233 e.